The Hall–Kier alpha value is -3.41. The molecule has 0 radical (unpaired) electrons. The molecule has 0 saturated heterocycles. The number of aromatic nitrogens is 3. The molecule has 3 amide bonds. The monoisotopic (exact) mass is 487 g/mol. The van der Waals surface area contributed by atoms with Crippen LogP contribution in [-0.2, 0) is 17.8 Å². The van der Waals surface area contributed by atoms with Crippen molar-refractivity contribution in [3.8, 4) is 11.9 Å². The van der Waals surface area contributed by atoms with Gasteiger partial charge in [0.25, 0.3) is 0 Å². The van der Waals surface area contributed by atoms with E-state index in [-0.39, 0.29) is 24.0 Å². The van der Waals surface area contributed by atoms with Crippen LogP contribution in [0.25, 0.3) is 0 Å². The maximum Gasteiger partial charge on any atom is 0.325 e. The van der Waals surface area contributed by atoms with Gasteiger partial charge in [0.1, 0.15) is 5.82 Å². The highest BCUT2D eigenvalue weighted by molar-refractivity contribution is 7.15. The molecule has 4 rings (SSSR count). The van der Waals surface area contributed by atoms with Crippen LogP contribution in [0.2, 0.25) is 0 Å². The van der Waals surface area contributed by atoms with Gasteiger partial charge in [-0.2, -0.15) is 9.97 Å². The minimum absolute atomic E-state index is 0.0430. The number of ether oxygens (including phenoxy) is 2. The predicted octanol–water partition coefficient (Wildman–Crippen LogP) is 2.60. The van der Waals surface area contributed by atoms with Gasteiger partial charge in [-0.05, 0) is 33.1 Å². The van der Waals surface area contributed by atoms with E-state index in [1.165, 1.54) is 18.4 Å². The minimum atomic E-state index is -0.389. The van der Waals surface area contributed by atoms with E-state index in [9.17, 15) is 9.59 Å². The van der Waals surface area contributed by atoms with Crippen molar-refractivity contribution in [2.45, 2.75) is 52.1 Å². The van der Waals surface area contributed by atoms with Crippen LogP contribution in [0.4, 0.5) is 15.7 Å². The fourth-order valence-electron chi connectivity index (χ4n) is 3.94. The van der Waals surface area contributed by atoms with E-state index in [2.05, 4.69) is 35.8 Å². The first-order chi connectivity index (χ1) is 16.4. The van der Waals surface area contributed by atoms with Gasteiger partial charge in [-0.15, -0.1) is 0 Å². The summed E-state index contributed by atoms with van der Waals surface area (Å²) in [5.74, 6) is 1.01. The summed E-state index contributed by atoms with van der Waals surface area (Å²) >= 11 is 1.43. The van der Waals surface area contributed by atoms with Crippen LogP contribution in [0.1, 0.15) is 43.7 Å². The molecule has 2 aromatic rings. The number of allylic oxidation sites excluding steroid dienone is 1. The summed E-state index contributed by atoms with van der Waals surface area (Å²) in [7, 11) is 3.06. The van der Waals surface area contributed by atoms with Crippen molar-refractivity contribution in [2.24, 2.45) is 0 Å². The summed E-state index contributed by atoms with van der Waals surface area (Å²) in [4.78, 5) is 41.3. The van der Waals surface area contributed by atoms with Crippen LogP contribution in [0.3, 0.4) is 0 Å². The lowest BCUT2D eigenvalue weighted by molar-refractivity contribution is -0.118. The minimum Gasteiger partial charge on any atom is -0.481 e. The number of thiazole rings is 1. The van der Waals surface area contributed by atoms with Crippen LogP contribution in [0.15, 0.2) is 17.3 Å². The van der Waals surface area contributed by atoms with Gasteiger partial charge in [0, 0.05) is 41.2 Å². The molecule has 12 heteroatoms. The van der Waals surface area contributed by atoms with Gasteiger partial charge < -0.3 is 25.0 Å². The van der Waals surface area contributed by atoms with Gasteiger partial charge in [-0.25, -0.2) is 9.78 Å². The molecule has 0 unspecified atom stereocenters. The number of fused-ring (bicyclic) bond motifs is 1. The van der Waals surface area contributed by atoms with E-state index >= 15 is 0 Å². The smallest absolute Gasteiger partial charge is 0.325 e. The van der Waals surface area contributed by atoms with Crippen molar-refractivity contribution < 1.29 is 19.1 Å². The fraction of sp³-hybridized carbons (Fsp3) is 0.500. The molecule has 11 nitrogen and oxygen atoms in total. The lowest BCUT2D eigenvalue weighted by Gasteiger charge is -2.27. The van der Waals surface area contributed by atoms with Crippen molar-refractivity contribution in [1.82, 2.24) is 25.6 Å². The second kappa shape index (κ2) is 10.2. The van der Waals surface area contributed by atoms with Crippen LogP contribution in [-0.4, -0.2) is 53.7 Å². The number of anilines is 2. The number of nitrogens with zero attached hydrogens (tertiary/aromatic N) is 4. The molecule has 0 aromatic carbocycles. The molecule has 0 fully saturated rings. The van der Waals surface area contributed by atoms with Gasteiger partial charge in [0.2, 0.25) is 11.8 Å². The third-order valence-electron chi connectivity index (χ3n) is 5.51. The molecular formula is C22H29N7O4S. The Kier molecular flexibility index (Phi) is 7.15. The number of urea groups is 1. The molecule has 0 bridgehead atoms. The van der Waals surface area contributed by atoms with Gasteiger partial charge in [-0.1, -0.05) is 11.3 Å². The SMILES string of the molecule is COc1cc(N2CCc3nc(NC(=O)NC4=C(C(=O)NC(C)C)CCC4)sc3C2)nc(OC)n1. The molecule has 0 atom stereocenters. The van der Waals surface area contributed by atoms with E-state index in [0.29, 0.717) is 60.5 Å². The molecule has 2 aliphatic rings. The average molecular weight is 488 g/mol. The van der Waals surface area contributed by atoms with Crippen molar-refractivity contribution in [3.05, 3.63) is 27.9 Å². The standard InChI is InChI=1S/C22H29N7O4S/c1-12(2)23-19(30)13-6-5-7-14(13)24-20(31)28-22-25-15-8-9-29(11-16(15)34-22)17-10-18(32-3)27-21(26-17)33-4/h10,12H,5-9,11H2,1-4H3,(H,23,30)(H2,24,25,28,31). The van der Waals surface area contributed by atoms with Crippen LogP contribution >= 0.6 is 11.3 Å². The molecule has 0 spiro atoms. The number of hydrogen-bond acceptors (Lipinski definition) is 9. The summed E-state index contributed by atoms with van der Waals surface area (Å²) in [5.41, 5.74) is 2.28. The zero-order valence-corrected chi connectivity index (χ0v) is 20.5. The zero-order chi connectivity index (χ0) is 24.2. The molecule has 3 N–H and O–H groups in total. The Morgan fingerprint density at radius 1 is 1.09 bits per heavy atom. The Morgan fingerprint density at radius 2 is 1.91 bits per heavy atom. The molecule has 2 aromatic heterocycles. The summed E-state index contributed by atoms with van der Waals surface area (Å²) in [5, 5.41) is 9.09. The highest BCUT2D eigenvalue weighted by atomic mass is 32.1. The van der Waals surface area contributed by atoms with Crippen LogP contribution in [0.5, 0.6) is 11.9 Å². The summed E-state index contributed by atoms with van der Waals surface area (Å²) in [6, 6.07) is 1.66. The number of methoxy groups -OCH3 is 2. The molecule has 182 valence electrons. The first-order valence-corrected chi connectivity index (χ1v) is 12.0. The van der Waals surface area contributed by atoms with E-state index < -0.39 is 0 Å². The van der Waals surface area contributed by atoms with Crippen molar-refractivity contribution in [1.29, 1.82) is 0 Å². The Bertz CT molecular complexity index is 1090. The predicted molar refractivity (Wildman–Crippen MR) is 128 cm³/mol. The second-order valence-electron chi connectivity index (χ2n) is 8.33. The summed E-state index contributed by atoms with van der Waals surface area (Å²) < 4.78 is 10.4. The first kappa shape index (κ1) is 23.7. The maximum absolute atomic E-state index is 12.6. The molecule has 3 heterocycles. The number of hydrogen-bond donors (Lipinski definition) is 3. The Labute approximate surface area is 202 Å². The normalized spacial score (nSPS) is 15.3. The quantitative estimate of drug-likeness (QED) is 0.543. The Balaban J connectivity index is 1.42. The highest BCUT2D eigenvalue weighted by Gasteiger charge is 2.25. The van der Waals surface area contributed by atoms with E-state index in [1.54, 1.807) is 13.2 Å². The largest absolute Gasteiger partial charge is 0.481 e. The van der Waals surface area contributed by atoms with E-state index in [0.717, 1.165) is 17.0 Å². The third kappa shape index (κ3) is 5.38. The number of carbonyl (C=O) groups is 2. The zero-order valence-electron chi connectivity index (χ0n) is 19.7. The van der Waals surface area contributed by atoms with Crippen molar-refractivity contribution >= 4 is 34.2 Å². The lowest BCUT2D eigenvalue weighted by atomic mass is 10.2. The highest BCUT2D eigenvalue weighted by Crippen LogP contribution is 2.32. The summed E-state index contributed by atoms with van der Waals surface area (Å²) in [6.45, 7) is 5.14. The van der Waals surface area contributed by atoms with E-state index in [4.69, 9.17) is 9.47 Å². The molecule has 34 heavy (non-hydrogen) atoms. The van der Waals surface area contributed by atoms with Crippen LogP contribution < -0.4 is 30.3 Å². The van der Waals surface area contributed by atoms with Gasteiger partial charge in [-0.3, -0.25) is 10.1 Å². The van der Waals surface area contributed by atoms with Crippen LogP contribution in [0, 0.1) is 0 Å². The summed E-state index contributed by atoms with van der Waals surface area (Å²) in [6.07, 6.45) is 2.89. The molecule has 1 aliphatic carbocycles. The molecule has 0 saturated carbocycles. The lowest BCUT2D eigenvalue weighted by Crippen LogP contribution is -2.34. The Morgan fingerprint density at radius 3 is 2.65 bits per heavy atom. The molecule has 1 aliphatic heterocycles. The van der Waals surface area contributed by atoms with E-state index in [1.807, 2.05) is 13.8 Å². The molecular weight excluding hydrogens is 458 g/mol. The first-order valence-electron chi connectivity index (χ1n) is 11.2. The number of rotatable bonds is 7. The van der Waals surface area contributed by atoms with Crippen molar-refractivity contribution in [2.75, 3.05) is 31.0 Å². The van der Waals surface area contributed by atoms with Crippen molar-refractivity contribution in [3.63, 3.8) is 0 Å². The number of amides is 3. The second-order valence-corrected chi connectivity index (χ2v) is 9.42. The van der Waals surface area contributed by atoms with Gasteiger partial charge >= 0.3 is 12.0 Å². The fourth-order valence-corrected chi connectivity index (χ4v) is 4.96. The number of carbonyl (C=O) groups excluding carboxylic acids is 2. The van der Waals surface area contributed by atoms with Gasteiger partial charge in [0.15, 0.2) is 5.13 Å². The number of nitrogens with one attached hydrogen (secondary N) is 3. The third-order valence-corrected chi connectivity index (χ3v) is 6.51. The topological polar surface area (TPSA) is 131 Å². The average Bonchev–Trinajstić information content (AvgIpc) is 3.43. The maximum atomic E-state index is 12.6. The van der Waals surface area contributed by atoms with Gasteiger partial charge in [0.05, 0.1) is 26.5 Å².